The first-order valence-electron chi connectivity index (χ1n) is 5.25. The summed E-state index contributed by atoms with van der Waals surface area (Å²) >= 11 is 8.89. The van der Waals surface area contributed by atoms with E-state index in [0.29, 0.717) is 16.8 Å². The van der Waals surface area contributed by atoms with Crippen LogP contribution in [0, 0.1) is 11.7 Å². The maximum absolute atomic E-state index is 13.7. The highest BCUT2D eigenvalue weighted by molar-refractivity contribution is 9.10. The minimum atomic E-state index is -0.784. The van der Waals surface area contributed by atoms with E-state index in [1.807, 2.05) is 0 Å². The first kappa shape index (κ1) is 13.9. The molecular formula is C12H15BrClFO. The van der Waals surface area contributed by atoms with Gasteiger partial charge in [0.15, 0.2) is 0 Å². The van der Waals surface area contributed by atoms with E-state index in [0.717, 1.165) is 6.42 Å². The van der Waals surface area contributed by atoms with Crippen LogP contribution < -0.4 is 0 Å². The molecule has 0 aliphatic carbocycles. The predicted octanol–water partition coefficient (Wildman–Crippen LogP) is 4.71. The van der Waals surface area contributed by atoms with Gasteiger partial charge in [0.1, 0.15) is 5.82 Å². The number of hydrogen-bond acceptors (Lipinski definition) is 1. The smallest absolute Gasteiger partial charge is 0.148 e. The van der Waals surface area contributed by atoms with Gasteiger partial charge in [0, 0.05) is 10.0 Å². The second kappa shape index (κ2) is 5.99. The Morgan fingerprint density at radius 1 is 1.38 bits per heavy atom. The predicted molar refractivity (Wildman–Crippen MR) is 68.1 cm³/mol. The zero-order valence-electron chi connectivity index (χ0n) is 9.30. The molecule has 0 saturated carbocycles. The van der Waals surface area contributed by atoms with Crippen LogP contribution in [-0.2, 0) is 0 Å². The average Bonchev–Trinajstić information content (AvgIpc) is 2.23. The zero-order chi connectivity index (χ0) is 12.3. The molecule has 1 unspecified atom stereocenters. The number of halogens is 3. The molecule has 0 heterocycles. The van der Waals surface area contributed by atoms with E-state index < -0.39 is 11.9 Å². The van der Waals surface area contributed by atoms with Gasteiger partial charge in [-0.05, 0) is 40.8 Å². The molecule has 90 valence electrons. The molecule has 4 heteroatoms. The van der Waals surface area contributed by atoms with E-state index in [-0.39, 0.29) is 10.6 Å². The minimum Gasteiger partial charge on any atom is -0.388 e. The Hall–Kier alpha value is -0.120. The van der Waals surface area contributed by atoms with Crippen molar-refractivity contribution >= 4 is 27.5 Å². The van der Waals surface area contributed by atoms with Crippen LogP contribution in [0.1, 0.15) is 38.4 Å². The van der Waals surface area contributed by atoms with Crippen LogP contribution in [-0.4, -0.2) is 5.11 Å². The molecule has 0 amide bonds. The fourth-order valence-electron chi connectivity index (χ4n) is 1.44. The van der Waals surface area contributed by atoms with Crippen LogP contribution in [0.3, 0.4) is 0 Å². The van der Waals surface area contributed by atoms with Crippen molar-refractivity contribution in [1.29, 1.82) is 0 Å². The van der Waals surface area contributed by atoms with Gasteiger partial charge < -0.3 is 5.11 Å². The highest BCUT2D eigenvalue weighted by Gasteiger charge is 2.17. The van der Waals surface area contributed by atoms with Crippen LogP contribution in [0.5, 0.6) is 0 Å². The first-order valence-corrected chi connectivity index (χ1v) is 6.42. The molecule has 0 fully saturated rings. The van der Waals surface area contributed by atoms with Gasteiger partial charge in [-0.3, -0.25) is 0 Å². The molecule has 0 aliphatic heterocycles. The van der Waals surface area contributed by atoms with Gasteiger partial charge in [0.05, 0.1) is 11.1 Å². The number of rotatable bonds is 4. The van der Waals surface area contributed by atoms with E-state index in [9.17, 15) is 9.50 Å². The van der Waals surface area contributed by atoms with E-state index >= 15 is 0 Å². The molecule has 1 rings (SSSR count). The van der Waals surface area contributed by atoms with Crippen LogP contribution in [0.15, 0.2) is 16.6 Å². The van der Waals surface area contributed by atoms with Gasteiger partial charge in [0.2, 0.25) is 0 Å². The molecular weight excluding hydrogens is 294 g/mol. The minimum absolute atomic E-state index is 0.0288. The van der Waals surface area contributed by atoms with E-state index in [4.69, 9.17) is 11.6 Å². The number of aliphatic hydroxyl groups is 1. The fourth-order valence-corrected chi connectivity index (χ4v) is 1.92. The molecule has 0 radical (unpaired) electrons. The summed E-state index contributed by atoms with van der Waals surface area (Å²) in [4.78, 5) is 0. The second-order valence-electron chi connectivity index (χ2n) is 4.25. The molecule has 1 aromatic carbocycles. The third kappa shape index (κ3) is 3.44. The third-order valence-electron chi connectivity index (χ3n) is 2.44. The molecule has 0 saturated heterocycles. The number of benzene rings is 1. The quantitative estimate of drug-likeness (QED) is 0.799. The normalized spacial score (nSPS) is 13.2. The lowest BCUT2D eigenvalue weighted by molar-refractivity contribution is 0.155. The Morgan fingerprint density at radius 2 is 2.00 bits per heavy atom. The van der Waals surface area contributed by atoms with E-state index in [2.05, 4.69) is 29.8 Å². The van der Waals surface area contributed by atoms with Gasteiger partial charge in [-0.2, -0.15) is 0 Å². The topological polar surface area (TPSA) is 20.2 Å². The monoisotopic (exact) mass is 308 g/mol. The molecule has 0 bridgehead atoms. The summed E-state index contributed by atoms with van der Waals surface area (Å²) < 4.78 is 14.2. The summed E-state index contributed by atoms with van der Waals surface area (Å²) in [6.45, 7) is 4.13. The summed E-state index contributed by atoms with van der Waals surface area (Å²) in [6.07, 6.45) is 0.619. The van der Waals surface area contributed by atoms with Gasteiger partial charge in [-0.25, -0.2) is 4.39 Å². The lowest BCUT2D eigenvalue weighted by Gasteiger charge is -2.14. The zero-order valence-corrected chi connectivity index (χ0v) is 11.6. The Bertz CT molecular complexity index is 368. The maximum Gasteiger partial charge on any atom is 0.148 e. The molecule has 0 spiro atoms. The molecule has 1 nitrogen and oxygen atoms in total. The van der Waals surface area contributed by atoms with Gasteiger partial charge in [-0.15, -0.1) is 0 Å². The van der Waals surface area contributed by atoms with Crippen molar-refractivity contribution in [3.05, 3.63) is 33.0 Å². The summed E-state index contributed by atoms with van der Waals surface area (Å²) in [6, 6.07) is 3.22. The number of aliphatic hydroxyl groups excluding tert-OH is 1. The van der Waals surface area contributed by atoms with Crippen molar-refractivity contribution in [2.75, 3.05) is 0 Å². The maximum atomic E-state index is 13.7. The van der Waals surface area contributed by atoms with Crippen molar-refractivity contribution in [2.45, 2.75) is 32.8 Å². The molecule has 0 aromatic heterocycles. The lowest BCUT2D eigenvalue weighted by atomic mass is 9.99. The van der Waals surface area contributed by atoms with Crippen molar-refractivity contribution < 1.29 is 9.50 Å². The largest absolute Gasteiger partial charge is 0.388 e. The van der Waals surface area contributed by atoms with Crippen LogP contribution in [0.2, 0.25) is 5.02 Å². The first-order chi connectivity index (χ1) is 7.43. The Labute approximate surface area is 109 Å². The standard InChI is InChI=1S/C12H15BrClFO/c1-7(2)3-6-10(16)8-4-5-9(13)11(14)12(8)15/h4-5,7,10,16H,3,6H2,1-2H3. The van der Waals surface area contributed by atoms with Crippen LogP contribution in [0.25, 0.3) is 0 Å². The van der Waals surface area contributed by atoms with E-state index in [1.54, 1.807) is 12.1 Å². The van der Waals surface area contributed by atoms with E-state index in [1.165, 1.54) is 0 Å². The Balaban J connectivity index is 2.84. The van der Waals surface area contributed by atoms with Crippen molar-refractivity contribution in [1.82, 2.24) is 0 Å². The summed E-state index contributed by atoms with van der Waals surface area (Å²) in [5, 5.41) is 9.88. The van der Waals surface area contributed by atoms with Crippen molar-refractivity contribution in [2.24, 2.45) is 5.92 Å². The molecule has 1 N–H and O–H groups in total. The van der Waals surface area contributed by atoms with Crippen molar-refractivity contribution in [3.8, 4) is 0 Å². The highest BCUT2D eigenvalue weighted by atomic mass is 79.9. The second-order valence-corrected chi connectivity index (χ2v) is 5.48. The third-order valence-corrected chi connectivity index (χ3v) is 3.70. The highest BCUT2D eigenvalue weighted by Crippen LogP contribution is 2.32. The summed E-state index contributed by atoms with van der Waals surface area (Å²) in [5.74, 6) is -0.0454. The fraction of sp³-hybridized carbons (Fsp3) is 0.500. The Kier molecular flexibility index (Phi) is 5.22. The summed E-state index contributed by atoms with van der Waals surface area (Å²) in [7, 11) is 0. The molecule has 16 heavy (non-hydrogen) atoms. The molecule has 1 atom stereocenters. The van der Waals surface area contributed by atoms with Crippen LogP contribution in [0.4, 0.5) is 4.39 Å². The van der Waals surface area contributed by atoms with Gasteiger partial charge in [-0.1, -0.05) is 31.5 Å². The molecule has 1 aromatic rings. The van der Waals surface area contributed by atoms with Gasteiger partial charge >= 0.3 is 0 Å². The molecule has 0 aliphatic rings. The number of hydrogen-bond donors (Lipinski definition) is 1. The Morgan fingerprint density at radius 3 is 2.56 bits per heavy atom. The SMILES string of the molecule is CC(C)CCC(O)c1ccc(Br)c(Cl)c1F. The van der Waals surface area contributed by atoms with Crippen molar-refractivity contribution in [3.63, 3.8) is 0 Å². The average molecular weight is 310 g/mol. The summed E-state index contributed by atoms with van der Waals surface area (Å²) in [5.41, 5.74) is 0.272. The lowest BCUT2D eigenvalue weighted by Crippen LogP contribution is -2.03. The van der Waals surface area contributed by atoms with Gasteiger partial charge in [0.25, 0.3) is 0 Å². The van der Waals surface area contributed by atoms with Crippen LogP contribution >= 0.6 is 27.5 Å².